The van der Waals surface area contributed by atoms with E-state index in [2.05, 4.69) is 4.99 Å². The quantitative estimate of drug-likeness (QED) is 0.334. The second kappa shape index (κ2) is 10.4. The SMILES string of the molecule is C[C@H](N)C(=O)C1=CC(C(=O)[C@H](C)N)C(N=C([O-])C(F)(F)F)(C(=O)[C@@H](N)Cc2ccccc2)C=C1. The van der Waals surface area contributed by atoms with Crippen molar-refractivity contribution in [2.24, 2.45) is 28.1 Å². The van der Waals surface area contributed by atoms with Gasteiger partial charge in [-0.1, -0.05) is 42.5 Å². The monoisotopic (exact) mass is 479 g/mol. The maximum atomic E-state index is 13.5. The van der Waals surface area contributed by atoms with Crippen LogP contribution in [0.5, 0.6) is 0 Å². The molecule has 184 valence electrons. The molecule has 0 saturated carbocycles. The summed E-state index contributed by atoms with van der Waals surface area (Å²) in [4.78, 5) is 42.1. The number of halogens is 3. The van der Waals surface area contributed by atoms with Gasteiger partial charge in [0.05, 0.1) is 29.9 Å². The van der Waals surface area contributed by atoms with Gasteiger partial charge in [0.1, 0.15) is 0 Å². The van der Waals surface area contributed by atoms with Crippen LogP contribution in [0.4, 0.5) is 13.2 Å². The third-order valence-electron chi connectivity index (χ3n) is 5.35. The number of ketones is 3. The second-order valence-corrected chi connectivity index (χ2v) is 8.18. The van der Waals surface area contributed by atoms with E-state index < -0.39 is 59.0 Å². The van der Waals surface area contributed by atoms with Crippen LogP contribution in [0.15, 0.2) is 59.1 Å². The molecule has 1 aliphatic rings. The fraction of sp³-hybridized carbons (Fsp3) is 0.391. The first-order chi connectivity index (χ1) is 15.7. The third-order valence-corrected chi connectivity index (χ3v) is 5.35. The lowest BCUT2D eigenvalue weighted by Gasteiger charge is -2.38. The largest absolute Gasteiger partial charge is 0.856 e. The summed E-state index contributed by atoms with van der Waals surface area (Å²) in [6.45, 7) is 2.63. The van der Waals surface area contributed by atoms with Crippen LogP contribution in [0, 0.1) is 5.92 Å². The number of nitrogens with zero attached hydrogens (tertiary/aromatic N) is 1. The fourth-order valence-corrected chi connectivity index (χ4v) is 3.58. The summed E-state index contributed by atoms with van der Waals surface area (Å²) < 4.78 is 39.5. The number of allylic oxidation sites excluding steroid dienone is 1. The summed E-state index contributed by atoms with van der Waals surface area (Å²) in [5, 5.41) is 11.9. The normalized spacial score (nSPS) is 23.6. The van der Waals surface area contributed by atoms with Gasteiger partial charge in [-0.3, -0.25) is 19.4 Å². The maximum Gasteiger partial charge on any atom is 0.419 e. The number of hydrogen-bond acceptors (Lipinski definition) is 8. The summed E-state index contributed by atoms with van der Waals surface area (Å²) >= 11 is 0. The minimum atomic E-state index is -5.42. The highest BCUT2D eigenvalue weighted by atomic mass is 19.4. The Morgan fingerprint density at radius 3 is 2.18 bits per heavy atom. The average molecular weight is 479 g/mol. The highest BCUT2D eigenvalue weighted by molar-refractivity contribution is 6.08. The highest BCUT2D eigenvalue weighted by Crippen LogP contribution is 2.36. The van der Waals surface area contributed by atoms with Crippen LogP contribution < -0.4 is 22.3 Å². The standard InChI is InChI=1S/C23H27F3N4O4/c1-12(27)18(31)15-8-9-22(30-21(34)23(24,25)26,16(11-15)19(32)13(2)28)20(33)17(29)10-14-6-4-3-5-7-14/h3-9,11-13,16-17H,10,27-29H2,1-2H3,(H,30,34)/p-1/t12-,13-,16?,17-,22?/m0/s1. The van der Waals surface area contributed by atoms with Crippen molar-refractivity contribution in [3.63, 3.8) is 0 Å². The van der Waals surface area contributed by atoms with E-state index in [0.717, 1.165) is 18.2 Å². The number of alkyl halides is 3. The number of hydrogen-bond donors (Lipinski definition) is 3. The molecule has 1 aliphatic carbocycles. The van der Waals surface area contributed by atoms with Gasteiger partial charge >= 0.3 is 6.18 Å². The summed E-state index contributed by atoms with van der Waals surface area (Å²) in [7, 11) is 0. The van der Waals surface area contributed by atoms with E-state index in [4.69, 9.17) is 17.2 Å². The lowest BCUT2D eigenvalue weighted by molar-refractivity contribution is -0.263. The Hall–Kier alpha value is -3.15. The van der Waals surface area contributed by atoms with E-state index in [1.54, 1.807) is 30.3 Å². The van der Waals surface area contributed by atoms with Crippen molar-refractivity contribution in [2.45, 2.75) is 50.1 Å². The molecule has 11 heteroatoms. The van der Waals surface area contributed by atoms with Crippen molar-refractivity contribution in [2.75, 3.05) is 0 Å². The summed E-state index contributed by atoms with van der Waals surface area (Å²) in [6, 6.07) is 4.69. The lowest BCUT2D eigenvalue weighted by atomic mass is 9.70. The molecular weight excluding hydrogens is 453 g/mol. The molecule has 0 bridgehead atoms. The van der Waals surface area contributed by atoms with Crippen molar-refractivity contribution in [1.29, 1.82) is 0 Å². The summed E-state index contributed by atoms with van der Waals surface area (Å²) in [5.74, 6) is -6.99. The average Bonchev–Trinajstić information content (AvgIpc) is 2.77. The predicted octanol–water partition coefficient (Wildman–Crippen LogP) is 0.130. The van der Waals surface area contributed by atoms with E-state index in [0.29, 0.717) is 5.56 Å². The van der Waals surface area contributed by atoms with E-state index in [1.165, 1.54) is 13.8 Å². The Morgan fingerprint density at radius 1 is 1.09 bits per heavy atom. The van der Waals surface area contributed by atoms with Crippen LogP contribution in [-0.4, -0.2) is 53.1 Å². The first-order valence-corrected chi connectivity index (χ1v) is 10.4. The van der Waals surface area contributed by atoms with E-state index in [9.17, 15) is 32.7 Å². The van der Waals surface area contributed by atoms with Gasteiger partial charge in [0.2, 0.25) is 0 Å². The Bertz CT molecular complexity index is 1030. The number of carbonyl (C=O) groups is 3. The molecule has 34 heavy (non-hydrogen) atoms. The zero-order valence-electron chi connectivity index (χ0n) is 18.6. The molecule has 0 heterocycles. The van der Waals surface area contributed by atoms with Crippen molar-refractivity contribution in [1.82, 2.24) is 0 Å². The molecule has 6 N–H and O–H groups in total. The van der Waals surface area contributed by atoms with Gasteiger partial charge in [0.15, 0.2) is 22.9 Å². The van der Waals surface area contributed by atoms with Crippen molar-refractivity contribution >= 4 is 23.2 Å². The predicted molar refractivity (Wildman–Crippen MR) is 117 cm³/mol. The molecular formula is C23H26F3N4O4-. The fourth-order valence-electron chi connectivity index (χ4n) is 3.58. The number of Topliss-reactive ketones (excluding diaryl/α,β-unsaturated/α-hetero) is 3. The molecule has 0 radical (unpaired) electrons. The molecule has 0 fully saturated rings. The van der Waals surface area contributed by atoms with Gasteiger partial charge in [-0.2, -0.15) is 13.2 Å². The Balaban J connectivity index is 2.69. The molecule has 0 amide bonds. The van der Waals surface area contributed by atoms with Gasteiger partial charge in [-0.15, -0.1) is 0 Å². The van der Waals surface area contributed by atoms with E-state index in [-0.39, 0.29) is 12.0 Å². The Kier molecular flexibility index (Phi) is 8.30. The van der Waals surface area contributed by atoms with E-state index >= 15 is 0 Å². The van der Waals surface area contributed by atoms with Crippen molar-refractivity contribution < 1.29 is 32.7 Å². The van der Waals surface area contributed by atoms with Gasteiger partial charge in [0, 0.05) is 5.57 Å². The van der Waals surface area contributed by atoms with Crippen LogP contribution in [0.3, 0.4) is 0 Å². The van der Waals surface area contributed by atoms with E-state index in [1.807, 2.05) is 0 Å². The van der Waals surface area contributed by atoms with Crippen LogP contribution in [0.1, 0.15) is 19.4 Å². The molecule has 1 aromatic rings. The third kappa shape index (κ3) is 5.85. The Morgan fingerprint density at radius 2 is 1.68 bits per heavy atom. The van der Waals surface area contributed by atoms with Crippen molar-refractivity contribution in [3.05, 3.63) is 59.7 Å². The zero-order valence-corrected chi connectivity index (χ0v) is 18.6. The molecule has 0 spiro atoms. The smallest absolute Gasteiger partial charge is 0.419 e. The lowest BCUT2D eigenvalue weighted by Crippen LogP contribution is -2.57. The number of nitrogens with two attached hydrogens (primary N) is 3. The van der Waals surface area contributed by atoms with Gasteiger partial charge in [-0.25, -0.2) is 0 Å². The van der Waals surface area contributed by atoms with Crippen LogP contribution >= 0.6 is 0 Å². The summed E-state index contributed by atoms with van der Waals surface area (Å²) in [6.07, 6.45) is -2.67. The number of aliphatic imine (C=N–C) groups is 1. The second-order valence-electron chi connectivity index (χ2n) is 8.18. The molecule has 8 nitrogen and oxygen atoms in total. The molecule has 2 rings (SSSR count). The van der Waals surface area contributed by atoms with Gasteiger partial charge in [-0.05, 0) is 31.9 Å². The van der Waals surface area contributed by atoms with Gasteiger partial charge in [0.25, 0.3) is 0 Å². The molecule has 1 aromatic carbocycles. The minimum absolute atomic E-state index is 0.0978. The number of benzene rings is 1. The van der Waals surface area contributed by atoms with Crippen LogP contribution in [-0.2, 0) is 20.8 Å². The minimum Gasteiger partial charge on any atom is -0.856 e. The topological polar surface area (TPSA) is 165 Å². The highest BCUT2D eigenvalue weighted by Gasteiger charge is 2.51. The Labute approximate surface area is 194 Å². The number of carbonyl (C=O) groups excluding carboxylic acids is 3. The molecule has 2 unspecified atom stereocenters. The molecule has 0 aromatic heterocycles. The molecule has 0 saturated heterocycles. The van der Waals surface area contributed by atoms with Crippen LogP contribution in [0.2, 0.25) is 0 Å². The zero-order chi connectivity index (χ0) is 25.8. The summed E-state index contributed by atoms with van der Waals surface area (Å²) in [5.41, 5.74) is 15.2. The van der Waals surface area contributed by atoms with Crippen molar-refractivity contribution in [3.8, 4) is 0 Å². The molecule has 5 atom stereocenters. The van der Waals surface area contributed by atoms with Gasteiger partial charge < -0.3 is 22.3 Å². The number of rotatable bonds is 9. The first kappa shape index (κ1) is 27.1. The maximum absolute atomic E-state index is 13.5. The molecule has 0 aliphatic heterocycles. The first-order valence-electron chi connectivity index (χ1n) is 10.4. The van der Waals surface area contributed by atoms with Crippen LogP contribution in [0.25, 0.3) is 0 Å².